The minimum atomic E-state index is -0.139. The number of hydrogen-bond donors (Lipinski definition) is 1. The molecule has 1 atom stereocenters. The quantitative estimate of drug-likeness (QED) is 0.833. The molecule has 0 spiro atoms. The van der Waals surface area contributed by atoms with E-state index in [9.17, 15) is 9.59 Å². The number of carbonyl (C=O) groups is 1. The van der Waals surface area contributed by atoms with Crippen molar-refractivity contribution in [2.45, 2.75) is 66.5 Å². The van der Waals surface area contributed by atoms with Gasteiger partial charge in [-0.1, -0.05) is 26.7 Å². The molecule has 0 aliphatic heterocycles. The van der Waals surface area contributed by atoms with E-state index < -0.39 is 0 Å². The van der Waals surface area contributed by atoms with E-state index in [1.807, 2.05) is 20.8 Å². The van der Waals surface area contributed by atoms with E-state index in [0.717, 1.165) is 34.5 Å². The molecule has 0 bridgehead atoms. The van der Waals surface area contributed by atoms with Gasteiger partial charge >= 0.3 is 0 Å². The van der Waals surface area contributed by atoms with Crippen molar-refractivity contribution in [2.24, 2.45) is 5.92 Å². The molecule has 0 aliphatic rings. The Bertz CT molecular complexity index is 776. The van der Waals surface area contributed by atoms with Gasteiger partial charge in [0.2, 0.25) is 5.91 Å². The lowest BCUT2D eigenvalue weighted by Crippen LogP contribution is -2.37. The standard InChI is InChI=1S/C18H27N3O2S/c1-11(2)7-6-8-12(3)20-15(22)9-21-10-19-17-16(18(21)23)13(4)14(5)24-17/h10-12H,6-9H2,1-5H3,(H,20,22)/t12-/m1/s1. The summed E-state index contributed by atoms with van der Waals surface area (Å²) in [6, 6.07) is 0.119. The van der Waals surface area contributed by atoms with E-state index in [1.54, 1.807) is 0 Å². The molecule has 6 heteroatoms. The lowest BCUT2D eigenvalue weighted by Gasteiger charge is -2.15. The van der Waals surface area contributed by atoms with E-state index in [4.69, 9.17) is 0 Å². The third-order valence-electron chi connectivity index (χ3n) is 4.30. The van der Waals surface area contributed by atoms with Crippen molar-refractivity contribution in [2.75, 3.05) is 0 Å². The summed E-state index contributed by atoms with van der Waals surface area (Å²) in [5.74, 6) is 0.543. The van der Waals surface area contributed by atoms with Crippen LogP contribution in [0.3, 0.4) is 0 Å². The number of rotatable bonds is 7. The van der Waals surface area contributed by atoms with Crippen LogP contribution in [0.25, 0.3) is 10.2 Å². The molecule has 1 amide bonds. The number of aromatic nitrogens is 2. The van der Waals surface area contributed by atoms with Crippen LogP contribution in [-0.4, -0.2) is 21.5 Å². The van der Waals surface area contributed by atoms with Crippen molar-refractivity contribution in [3.05, 3.63) is 27.1 Å². The van der Waals surface area contributed by atoms with Gasteiger partial charge in [0, 0.05) is 10.9 Å². The van der Waals surface area contributed by atoms with Gasteiger partial charge in [-0.15, -0.1) is 11.3 Å². The van der Waals surface area contributed by atoms with Crippen molar-refractivity contribution in [1.82, 2.24) is 14.9 Å². The summed E-state index contributed by atoms with van der Waals surface area (Å²) >= 11 is 1.52. The van der Waals surface area contributed by atoms with E-state index in [2.05, 4.69) is 24.1 Å². The lowest BCUT2D eigenvalue weighted by molar-refractivity contribution is -0.122. The number of fused-ring (bicyclic) bond motifs is 1. The van der Waals surface area contributed by atoms with Gasteiger partial charge in [-0.05, 0) is 38.7 Å². The molecule has 1 N–H and O–H groups in total. The van der Waals surface area contributed by atoms with E-state index >= 15 is 0 Å². The summed E-state index contributed by atoms with van der Waals surface area (Å²) < 4.78 is 1.40. The number of aryl methyl sites for hydroxylation is 2. The predicted octanol–water partition coefficient (Wildman–Crippen LogP) is 3.41. The van der Waals surface area contributed by atoms with Crippen molar-refractivity contribution >= 4 is 27.5 Å². The molecular weight excluding hydrogens is 322 g/mol. The summed E-state index contributed by atoms with van der Waals surface area (Å²) in [7, 11) is 0. The average Bonchev–Trinajstić information content (AvgIpc) is 2.77. The van der Waals surface area contributed by atoms with Gasteiger partial charge in [0.1, 0.15) is 11.4 Å². The zero-order valence-corrected chi connectivity index (χ0v) is 16.0. The first kappa shape index (κ1) is 18.6. The highest BCUT2D eigenvalue weighted by atomic mass is 32.1. The maximum absolute atomic E-state index is 12.6. The number of carbonyl (C=O) groups excluding carboxylic acids is 1. The molecule has 2 aromatic rings. The van der Waals surface area contributed by atoms with Crippen LogP contribution in [0.1, 0.15) is 50.5 Å². The third-order valence-corrected chi connectivity index (χ3v) is 5.41. The van der Waals surface area contributed by atoms with Gasteiger partial charge in [-0.25, -0.2) is 4.98 Å². The Hall–Kier alpha value is -1.69. The smallest absolute Gasteiger partial charge is 0.262 e. The normalized spacial score (nSPS) is 12.8. The highest BCUT2D eigenvalue weighted by Gasteiger charge is 2.14. The molecule has 5 nitrogen and oxygen atoms in total. The number of nitrogens with one attached hydrogen (secondary N) is 1. The van der Waals surface area contributed by atoms with Crippen LogP contribution in [0.5, 0.6) is 0 Å². The predicted molar refractivity (Wildman–Crippen MR) is 99.6 cm³/mol. The molecule has 24 heavy (non-hydrogen) atoms. The Balaban J connectivity index is 2.02. The van der Waals surface area contributed by atoms with Crippen LogP contribution in [0.2, 0.25) is 0 Å². The van der Waals surface area contributed by atoms with Gasteiger partial charge in [0.05, 0.1) is 11.7 Å². The minimum absolute atomic E-state index is 0.0185. The Labute approximate surface area is 147 Å². The highest BCUT2D eigenvalue weighted by molar-refractivity contribution is 7.18. The summed E-state index contributed by atoms with van der Waals surface area (Å²) in [5.41, 5.74) is 0.828. The van der Waals surface area contributed by atoms with E-state index in [1.165, 1.54) is 22.2 Å². The zero-order valence-electron chi connectivity index (χ0n) is 15.2. The van der Waals surface area contributed by atoms with Gasteiger partial charge in [0.15, 0.2) is 0 Å². The fourth-order valence-corrected chi connectivity index (χ4v) is 3.75. The fourth-order valence-electron chi connectivity index (χ4n) is 2.76. The van der Waals surface area contributed by atoms with Crippen LogP contribution < -0.4 is 10.9 Å². The van der Waals surface area contributed by atoms with E-state index in [-0.39, 0.29) is 24.1 Å². The fraction of sp³-hybridized carbons (Fsp3) is 0.611. The summed E-state index contributed by atoms with van der Waals surface area (Å²) in [6.45, 7) is 10.3. The van der Waals surface area contributed by atoms with Crippen molar-refractivity contribution in [3.63, 3.8) is 0 Å². The number of amides is 1. The van der Waals surface area contributed by atoms with Crippen LogP contribution in [0.4, 0.5) is 0 Å². The summed E-state index contributed by atoms with van der Waals surface area (Å²) in [6.07, 6.45) is 4.69. The second-order valence-electron chi connectivity index (χ2n) is 6.93. The molecule has 2 aromatic heterocycles. The molecule has 0 fully saturated rings. The monoisotopic (exact) mass is 349 g/mol. The lowest BCUT2D eigenvalue weighted by atomic mass is 10.0. The van der Waals surface area contributed by atoms with Crippen LogP contribution in [0, 0.1) is 19.8 Å². The van der Waals surface area contributed by atoms with Gasteiger partial charge < -0.3 is 5.32 Å². The number of thiophene rings is 1. The first-order valence-corrected chi connectivity index (χ1v) is 9.35. The Kier molecular flexibility index (Phi) is 6.15. The van der Waals surface area contributed by atoms with Crippen LogP contribution in [-0.2, 0) is 11.3 Å². The second-order valence-corrected chi connectivity index (χ2v) is 8.14. The first-order chi connectivity index (χ1) is 11.3. The van der Waals surface area contributed by atoms with Gasteiger partial charge in [-0.3, -0.25) is 14.2 Å². The van der Waals surface area contributed by atoms with Gasteiger partial charge in [0.25, 0.3) is 5.56 Å². The molecule has 132 valence electrons. The number of nitrogens with zero attached hydrogens (tertiary/aromatic N) is 2. The van der Waals surface area contributed by atoms with Gasteiger partial charge in [-0.2, -0.15) is 0 Å². The largest absolute Gasteiger partial charge is 0.352 e. The molecular formula is C18H27N3O2S. The van der Waals surface area contributed by atoms with Crippen molar-refractivity contribution in [3.8, 4) is 0 Å². The third kappa shape index (κ3) is 4.44. The topological polar surface area (TPSA) is 64.0 Å². The Morgan fingerprint density at radius 1 is 1.29 bits per heavy atom. The maximum Gasteiger partial charge on any atom is 0.262 e. The Morgan fingerprint density at radius 2 is 2.00 bits per heavy atom. The molecule has 2 rings (SSSR count). The van der Waals surface area contributed by atoms with Crippen molar-refractivity contribution in [1.29, 1.82) is 0 Å². The summed E-state index contributed by atoms with van der Waals surface area (Å²) in [4.78, 5) is 30.9. The molecule has 2 heterocycles. The molecule has 0 radical (unpaired) electrons. The van der Waals surface area contributed by atoms with Crippen LogP contribution >= 0.6 is 11.3 Å². The Morgan fingerprint density at radius 3 is 2.67 bits per heavy atom. The second kappa shape index (κ2) is 7.92. The highest BCUT2D eigenvalue weighted by Crippen LogP contribution is 2.25. The molecule has 0 aromatic carbocycles. The maximum atomic E-state index is 12.6. The molecule has 0 aliphatic carbocycles. The molecule has 0 saturated heterocycles. The SMILES string of the molecule is Cc1sc2ncn(CC(=O)N[C@H](C)CCCC(C)C)c(=O)c2c1C. The minimum Gasteiger partial charge on any atom is -0.352 e. The number of hydrogen-bond acceptors (Lipinski definition) is 4. The molecule has 0 unspecified atom stereocenters. The average molecular weight is 350 g/mol. The van der Waals surface area contributed by atoms with Crippen molar-refractivity contribution < 1.29 is 4.79 Å². The summed E-state index contributed by atoms with van der Waals surface area (Å²) in [5, 5.41) is 3.61. The van der Waals surface area contributed by atoms with E-state index in [0.29, 0.717) is 11.3 Å². The van der Waals surface area contributed by atoms with Crippen LogP contribution in [0.15, 0.2) is 11.1 Å². The first-order valence-electron chi connectivity index (χ1n) is 8.54. The zero-order chi connectivity index (χ0) is 17.9. The molecule has 0 saturated carbocycles.